The van der Waals surface area contributed by atoms with E-state index in [0.29, 0.717) is 30.8 Å². The van der Waals surface area contributed by atoms with Crippen LogP contribution in [0.15, 0.2) is 35.4 Å². The van der Waals surface area contributed by atoms with Crippen molar-refractivity contribution in [3.05, 3.63) is 57.8 Å². The standard InChI is InChI=1S/C18H21N3O3/c1-24-15-10-16(22)21-9-4-2-3-7-14(21)17(15)18(23)20-12-13-6-5-8-19-11-13/h5-6,8,10-11H,2-4,7,9,12H2,1H3,(H,20,23). The van der Waals surface area contributed by atoms with Crippen LogP contribution in [-0.4, -0.2) is 22.6 Å². The molecule has 1 amide bonds. The smallest absolute Gasteiger partial charge is 0.257 e. The van der Waals surface area contributed by atoms with Gasteiger partial charge in [-0.25, -0.2) is 0 Å². The second kappa shape index (κ2) is 7.29. The molecule has 0 spiro atoms. The largest absolute Gasteiger partial charge is 0.496 e. The molecular formula is C18H21N3O3. The fourth-order valence-corrected chi connectivity index (χ4v) is 3.09. The van der Waals surface area contributed by atoms with Crippen molar-refractivity contribution < 1.29 is 9.53 Å². The number of rotatable bonds is 4. The van der Waals surface area contributed by atoms with Gasteiger partial charge in [0.1, 0.15) is 11.3 Å². The second-order valence-electron chi connectivity index (χ2n) is 5.88. The Hall–Kier alpha value is -2.63. The molecule has 0 atom stereocenters. The number of fused-ring (bicyclic) bond motifs is 1. The Balaban J connectivity index is 1.93. The summed E-state index contributed by atoms with van der Waals surface area (Å²) in [7, 11) is 1.49. The van der Waals surface area contributed by atoms with Crippen LogP contribution in [0.4, 0.5) is 0 Å². The first-order valence-electron chi connectivity index (χ1n) is 8.18. The van der Waals surface area contributed by atoms with Gasteiger partial charge in [-0.15, -0.1) is 0 Å². The zero-order valence-corrected chi connectivity index (χ0v) is 13.7. The molecule has 0 bridgehead atoms. The number of hydrogen-bond donors (Lipinski definition) is 1. The number of nitrogens with zero attached hydrogens (tertiary/aromatic N) is 2. The van der Waals surface area contributed by atoms with E-state index in [-0.39, 0.29) is 11.5 Å². The number of carbonyl (C=O) groups is 1. The summed E-state index contributed by atoms with van der Waals surface area (Å²) < 4.78 is 7.04. The Kier molecular flexibility index (Phi) is 4.93. The van der Waals surface area contributed by atoms with Crippen LogP contribution >= 0.6 is 0 Å². The lowest BCUT2D eigenvalue weighted by Gasteiger charge is -2.17. The van der Waals surface area contributed by atoms with Crippen LogP contribution in [-0.2, 0) is 19.5 Å². The van der Waals surface area contributed by atoms with Crippen LogP contribution in [0.3, 0.4) is 0 Å². The zero-order valence-electron chi connectivity index (χ0n) is 13.7. The average molecular weight is 327 g/mol. The summed E-state index contributed by atoms with van der Waals surface area (Å²) in [6.07, 6.45) is 7.10. The third-order valence-electron chi connectivity index (χ3n) is 4.30. The monoisotopic (exact) mass is 327 g/mol. The predicted molar refractivity (Wildman–Crippen MR) is 90.2 cm³/mol. The number of aromatic nitrogens is 2. The van der Waals surface area contributed by atoms with Crippen molar-refractivity contribution in [2.45, 2.75) is 38.8 Å². The Labute approximate surface area is 140 Å². The number of amides is 1. The molecule has 1 N–H and O–H groups in total. The van der Waals surface area contributed by atoms with E-state index < -0.39 is 0 Å². The first kappa shape index (κ1) is 16.2. The van der Waals surface area contributed by atoms with Gasteiger partial charge in [0.25, 0.3) is 11.5 Å². The predicted octanol–water partition coefficient (Wildman–Crippen LogP) is 1.91. The summed E-state index contributed by atoms with van der Waals surface area (Å²) in [4.78, 5) is 29.1. The SMILES string of the molecule is COc1cc(=O)n2c(c1C(=O)NCc1cccnc1)CCCCC2. The van der Waals surface area contributed by atoms with Gasteiger partial charge in [0.15, 0.2) is 0 Å². The summed E-state index contributed by atoms with van der Waals surface area (Å²) in [5, 5.41) is 2.91. The molecule has 3 heterocycles. The highest BCUT2D eigenvalue weighted by atomic mass is 16.5. The first-order chi connectivity index (χ1) is 11.7. The number of ether oxygens (including phenoxy) is 1. The number of methoxy groups -OCH3 is 1. The van der Waals surface area contributed by atoms with Crippen molar-refractivity contribution in [2.75, 3.05) is 7.11 Å². The van der Waals surface area contributed by atoms with E-state index in [1.807, 2.05) is 12.1 Å². The van der Waals surface area contributed by atoms with Gasteiger partial charge in [-0.05, 0) is 30.9 Å². The topological polar surface area (TPSA) is 73.2 Å². The van der Waals surface area contributed by atoms with Crippen LogP contribution in [0.2, 0.25) is 0 Å². The average Bonchev–Trinajstić information content (AvgIpc) is 2.86. The van der Waals surface area contributed by atoms with Gasteiger partial charge in [-0.3, -0.25) is 14.6 Å². The molecule has 0 fully saturated rings. The van der Waals surface area contributed by atoms with E-state index in [9.17, 15) is 9.59 Å². The van der Waals surface area contributed by atoms with Crippen LogP contribution in [0.5, 0.6) is 5.75 Å². The van der Waals surface area contributed by atoms with Crippen LogP contribution in [0, 0.1) is 0 Å². The molecular weight excluding hydrogens is 306 g/mol. The highest BCUT2D eigenvalue weighted by Crippen LogP contribution is 2.24. The Morgan fingerprint density at radius 1 is 1.38 bits per heavy atom. The zero-order chi connectivity index (χ0) is 16.9. The molecule has 24 heavy (non-hydrogen) atoms. The molecule has 6 nitrogen and oxygen atoms in total. The fraction of sp³-hybridized carbons (Fsp3) is 0.389. The van der Waals surface area contributed by atoms with Crippen molar-refractivity contribution in [3.8, 4) is 5.75 Å². The molecule has 0 saturated heterocycles. The second-order valence-corrected chi connectivity index (χ2v) is 5.88. The molecule has 1 aliphatic heterocycles. The quantitative estimate of drug-likeness (QED) is 0.931. The van der Waals surface area contributed by atoms with Crippen molar-refractivity contribution in [2.24, 2.45) is 0 Å². The number of hydrogen-bond acceptors (Lipinski definition) is 4. The first-order valence-corrected chi connectivity index (χ1v) is 8.18. The maximum absolute atomic E-state index is 12.8. The molecule has 6 heteroatoms. The van der Waals surface area contributed by atoms with Gasteiger partial charge >= 0.3 is 0 Å². The van der Waals surface area contributed by atoms with Crippen molar-refractivity contribution in [1.82, 2.24) is 14.9 Å². The molecule has 0 unspecified atom stereocenters. The Morgan fingerprint density at radius 3 is 3.00 bits per heavy atom. The molecule has 1 aliphatic rings. The number of pyridine rings is 2. The van der Waals surface area contributed by atoms with Crippen molar-refractivity contribution >= 4 is 5.91 Å². The van der Waals surface area contributed by atoms with Gasteiger partial charge in [-0.1, -0.05) is 12.5 Å². The van der Waals surface area contributed by atoms with E-state index in [1.165, 1.54) is 13.2 Å². The molecule has 3 rings (SSSR count). The van der Waals surface area contributed by atoms with E-state index >= 15 is 0 Å². The van der Waals surface area contributed by atoms with Crippen molar-refractivity contribution in [1.29, 1.82) is 0 Å². The minimum atomic E-state index is -0.221. The molecule has 2 aromatic rings. The molecule has 0 aliphatic carbocycles. The Bertz CT molecular complexity index is 784. The minimum absolute atomic E-state index is 0.104. The van der Waals surface area contributed by atoms with Crippen LogP contribution in [0.1, 0.15) is 40.9 Å². The highest BCUT2D eigenvalue weighted by molar-refractivity contribution is 5.98. The lowest BCUT2D eigenvalue weighted by atomic mass is 10.1. The highest BCUT2D eigenvalue weighted by Gasteiger charge is 2.23. The normalized spacial score (nSPS) is 13.7. The molecule has 126 valence electrons. The molecule has 0 saturated carbocycles. The minimum Gasteiger partial charge on any atom is -0.496 e. The summed E-state index contributed by atoms with van der Waals surface area (Å²) in [6.45, 7) is 1.04. The Morgan fingerprint density at radius 2 is 2.25 bits per heavy atom. The van der Waals surface area contributed by atoms with Gasteiger partial charge in [-0.2, -0.15) is 0 Å². The number of nitrogens with one attached hydrogen (secondary N) is 1. The van der Waals surface area contributed by atoms with Gasteiger partial charge in [0.05, 0.1) is 7.11 Å². The van der Waals surface area contributed by atoms with E-state index in [0.717, 1.165) is 30.5 Å². The lowest BCUT2D eigenvalue weighted by Crippen LogP contribution is -2.30. The summed E-state index contributed by atoms with van der Waals surface area (Å²) in [5.41, 5.74) is 2.07. The van der Waals surface area contributed by atoms with Gasteiger partial charge < -0.3 is 14.6 Å². The molecule has 0 aromatic carbocycles. The maximum atomic E-state index is 12.8. The fourth-order valence-electron chi connectivity index (χ4n) is 3.09. The van der Waals surface area contributed by atoms with Crippen molar-refractivity contribution in [3.63, 3.8) is 0 Å². The van der Waals surface area contributed by atoms with Gasteiger partial charge in [0, 0.05) is 37.2 Å². The third kappa shape index (κ3) is 3.32. The van der Waals surface area contributed by atoms with E-state index in [4.69, 9.17) is 4.74 Å². The maximum Gasteiger partial charge on any atom is 0.257 e. The summed E-state index contributed by atoms with van der Waals surface area (Å²) in [6, 6.07) is 5.14. The van der Waals surface area contributed by atoms with Gasteiger partial charge in [0.2, 0.25) is 0 Å². The van der Waals surface area contributed by atoms with Crippen LogP contribution in [0.25, 0.3) is 0 Å². The molecule has 2 aromatic heterocycles. The molecule has 0 radical (unpaired) electrons. The van der Waals surface area contributed by atoms with E-state index in [2.05, 4.69) is 10.3 Å². The number of carbonyl (C=O) groups excluding carboxylic acids is 1. The lowest BCUT2D eigenvalue weighted by molar-refractivity contribution is 0.0945. The summed E-state index contributed by atoms with van der Waals surface area (Å²) >= 11 is 0. The summed E-state index contributed by atoms with van der Waals surface area (Å²) in [5.74, 6) is 0.123. The van der Waals surface area contributed by atoms with Crippen LogP contribution < -0.4 is 15.6 Å². The third-order valence-corrected chi connectivity index (χ3v) is 4.30. The van der Waals surface area contributed by atoms with E-state index in [1.54, 1.807) is 17.0 Å².